The molecule has 17 heavy (non-hydrogen) atoms. The molecule has 1 aromatic rings. The van der Waals surface area contributed by atoms with E-state index in [2.05, 4.69) is 44.0 Å². The summed E-state index contributed by atoms with van der Waals surface area (Å²) in [7, 11) is 2.23. The maximum atomic E-state index is 5.96. The summed E-state index contributed by atoms with van der Waals surface area (Å²) in [4.78, 5) is 2.45. The second kappa shape index (κ2) is 3.49. The van der Waals surface area contributed by atoms with Gasteiger partial charge in [0.15, 0.2) is 0 Å². The van der Waals surface area contributed by atoms with E-state index in [1.54, 1.807) is 0 Å². The summed E-state index contributed by atoms with van der Waals surface area (Å²) in [6.45, 7) is 7.22. The number of likely N-dealkylation sites (tertiary alicyclic amines) is 1. The minimum Gasteiger partial charge on any atom is -0.399 e. The molecule has 3 rings (SSSR count). The van der Waals surface area contributed by atoms with Gasteiger partial charge >= 0.3 is 0 Å². The Balaban J connectivity index is 2.11. The summed E-state index contributed by atoms with van der Waals surface area (Å²) < 4.78 is 0. The number of anilines is 1. The zero-order valence-electron chi connectivity index (χ0n) is 11.0. The van der Waals surface area contributed by atoms with Crippen molar-refractivity contribution in [2.75, 3.05) is 25.9 Å². The minimum absolute atomic E-state index is 0.314. The van der Waals surface area contributed by atoms with Crippen LogP contribution in [0.15, 0.2) is 18.2 Å². The van der Waals surface area contributed by atoms with Crippen LogP contribution in [0, 0.1) is 5.92 Å². The Morgan fingerprint density at radius 2 is 2.12 bits per heavy atom. The Labute approximate surface area is 104 Å². The van der Waals surface area contributed by atoms with Gasteiger partial charge in [-0.2, -0.15) is 0 Å². The van der Waals surface area contributed by atoms with Gasteiger partial charge in [0.05, 0.1) is 0 Å². The first-order chi connectivity index (χ1) is 8.00. The van der Waals surface area contributed by atoms with Gasteiger partial charge in [-0.3, -0.25) is 0 Å². The maximum absolute atomic E-state index is 5.96. The molecule has 1 heterocycles. The molecule has 1 saturated heterocycles. The van der Waals surface area contributed by atoms with Crippen molar-refractivity contribution in [1.82, 2.24) is 4.90 Å². The molecule has 0 spiro atoms. The van der Waals surface area contributed by atoms with E-state index in [4.69, 9.17) is 5.73 Å². The predicted molar refractivity (Wildman–Crippen MR) is 72.2 cm³/mol. The fraction of sp³-hybridized carbons (Fsp3) is 0.600. The van der Waals surface area contributed by atoms with E-state index in [9.17, 15) is 0 Å². The maximum Gasteiger partial charge on any atom is 0.0317 e. The number of nitrogens with zero attached hydrogens (tertiary/aromatic N) is 1. The number of benzene rings is 1. The molecule has 2 aliphatic rings. The molecule has 0 bridgehead atoms. The van der Waals surface area contributed by atoms with Gasteiger partial charge in [0.2, 0.25) is 0 Å². The van der Waals surface area contributed by atoms with Crippen molar-refractivity contribution in [2.24, 2.45) is 5.92 Å². The lowest BCUT2D eigenvalue weighted by molar-refractivity contribution is 0.155. The summed E-state index contributed by atoms with van der Waals surface area (Å²) in [6.07, 6.45) is 1.31. The Hall–Kier alpha value is -1.02. The van der Waals surface area contributed by atoms with Gasteiger partial charge in [0, 0.05) is 18.2 Å². The largest absolute Gasteiger partial charge is 0.399 e. The molecule has 0 aromatic heterocycles. The number of nitrogen functional groups attached to an aromatic ring is 1. The van der Waals surface area contributed by atoms with E-state index in [1.807, 2.05) is 0 Å². The van der Waals surface area contributed by atoms with E-state index >= 15 is 0 Å². The third kappa shape index (κ3) is 1.50. The molecule has 2 atom stereocenters. The van der Waals surface area contributed by atoms with Crippen molar-refractivity contribution in [3.05, 3.63) is 29.3 Å². The molecule has 1 aliphatic carbocycles. The molecule has 1 fully saturated rings. The fourth-order valence-corrected chi connectivity index (χ4v) is 3.97. The Bertz CT molecular complexity index is 450. The molecule has 0 saturated carbocycles. The molecule has 2 nitrogen and oxygen atoms in total. The van der Waals surface area contributed by atoms with E-state index in [-0.39, 0.29) is 0 Å². The zero-order valence-corrected chi connectivity index (χ0v) is 11.0. The first-order valence-corrected chi connectivity index (χ1v) is 6.58. The van der Waals surface area contributed by atoms with Gasteiger partial charge in [-0.25, -0.2) is 0 Å². The van der Waals surface area contributed by atoms with Crippen LogP contribution in [0.25, 0.3) is 0 Å². The molecule has 0 radical (unpaired) electrons. The van der Waals surface area contributed by atoms with E-state index in [0.717, 1.165) is 11.6 Å². The number of piperidine rings is 1. The van der Waals surface area contributed by atoms with Crippen LogP contribution in [-0.4, -0.2) is 25.0 Å². The highest BCUT2D eigenvalue weighted by molar-refractivity contribution is 5.52. The number of likely N-dealkylation sites (N-methyl/N-ethyl adjacent to an activating group) is 1. The summed E-state index contributed by atoms with van der Waals surface area (Å²) in [6, 6.07) is 6.52. The smallest absolute Gasteiger partial charge is 0.0317 e. The third-order valence-corrected chi connectivity index (χ3v) is 4.91. The molecular formula is C15H22N2. The van der Waals surface area contributed by atoms with E-state index < -0.39 is 0 Å². The highest BCUT2D eigenvalue weighted by Gasteiger charge is 2.47. The van der Waals surface area contributed by atoms with Crippen LogP contribution in [-0.2, 0) is 5.41 Å². The van der Waals surface area contributed by atoms with Gasteiger partial charge < -0.3 is 10.6 Å². The molecule has 0 amide bonds. The van der Waals surface area contributed by atoms with Crippen molar-refractivity contribution in [3.8, 4) is 0 Å². The summed E-state index contributed by atoms with van der Waals surface area (Å²) in [5.74, 6) is 1.47. The number of rotatable bonds is 0. The lowest BCUT2D eigenvalue weighted by Gasteiger charge is -2.38. The van der Waals surface area contributed by atoms with Crippen LogP contribution >= 0.6 is 0 Å². The number of hydrogen-bond donors (Lipinski definition) is 1. The van der Waals surface area contributed by atoms with Crippen LogP contribution in [0.1, 0.15) is 37.3 Å². The van der Waals surface area contributed by atoms with Crippen molar-refractivity contribution in [3.63, 3.8) is 0 Å². The molecule has 1 aromatic carbocycles. The Morgan fingerprint density at radius 1 is 1.35 bits per heavy atom. The van der Waals surface area contributed by atoms with Crippen LogP contribution < -0.4 is 5.73 Å². The molecule has 2 unspecified atom stereocenters. The van der Waals surface area contributed by atoms with E-state index in [0.29, 0.717) is 11.3 Å². The molecular weight excluding hydrogens is 208 g/mol. The van der Waals surface area contributed by atoms with Crippen LogP contribution in [0.5, 0.6) is 0 Å². The van der Waals surface area contributed by atoms with Gasteiger partial charge in [-0.1, -0.05) is 19.9 Å². The van der Waals surface area contributed by atoms with E-state index in [1.165, 1.54) is 30.6 Å². The topological polar surface area (TPSA) is 29.3 Å². The summed E-state index contributed by atoms with van der Waals surface area (Å²) in [5, 5.41) is 0. The molecule has 92 valence electrons. The average molecular weight is 230 g/mol. The Kier molecular flexibility index (Phi) is 2.27. The molecule has 2 heteroatoms. The van der Waals surface area contributed by atoms with Gasteiger partial charge in [0.1, 0.15) is 0 Å². The average Bonchev–Trinajstić information content (AvgIpc) is 2.47. The molecule has 2 N–H and O–H groups in total. The number of nitrogens with two attached hydrogens (primary N) is 1. The zero-order chi connectivity index (χ0) is 12.2. The number of fused-ring (bicyclic) bond motifs is 3. The second-order valence-electron chi connectivity index (χ2n) is 6.33. The van der Waals surface area contributed by atoms with Crippen molar-refractivity contribution >= 4 is 5.69 Å². The molecule has 1 aliphatic heterocycles. The first-order valence-electron chi connectivity index (χ1n) is 6.58. The van der Waals surface area contributed by atoms with Crippen LogP contribution in [0.3, 0.4) is 0 Å². The monoisotopic (exact) mass is 230 g/mol. The summed E-state index contributed by atoms with van der Waals surface area (Å²) >= 11 is 0. The predicted octanol–water partition coefficient (Wildman–Crippen LogP) is 2.60. The van der Waals surface area contributed by atoms with Gasteiger partial charge in [0.25, 0.3) is 0 Å². The lowest BCUT2D eigenvalue weighted by atomic mass is 9.73. The quantitative estimate of drug-likeness (QED) is 0.694. The summed E-state index contributed by atoms with van der Waals surface area (Å²) in [5.41, 5.74) is 10.2. The second-order valence-corrected chi connectivity index (χ2v) is 6.33. The Morgan fingerprint density at radius 3 is 2.88 bits per heavy atom. The standard InChI is InChI=1S/C15H22N2/c1-15(2)13-5-4-10(16)8-11(13)12-9-17(3)7-6-14(12)15/h4-5,8,12,14H,6-7,9,16H2,1-3H3. The first kappa shape index (κ1) is 11.1. The van der Waals surface area contributed by atoms with Crippen LogP contribution in [0.4, 0.5) is 5.69 Å². The van der Waals surface area contributed by atoms with Crippen LogP contribution in [0.2, 0.25) is 0 Å². The van der Waals surface area contributed by atoms with Crippen molar-refractivity contribution in [1.29, 1.82) is 0 Å². The fourth-order valence-electron chi connectivity index (χ4n) is 3.97. The minimum atomic E-state index is 0.314. The number of hydrogen-bond acceptors (Lipinski definition) is 2. The third-order valence-electron chi connectivity index (χ3n) is 4.91. The lowest BCUT2D eigenvalue weighted by Crippen LogP contribution is -2.39. The van der Waals surface area contributed by atoms with Crippen molar-refractivity contribution < 1.29 is 0 Å². The van der Waals surface area contributed by atoms with Crippen molar-refractivity contribution in [2.45, 2.75) is 31.6 Å². The van der Waals surface area contributed by atoms with Gasteiger partial charge in [-0.05, 0) is 54.6 Å². The van der Waals surface area contributed by atoms with Gasteiger partial charge in [-0.15, -0.1) is 0 Å². The highest BCUT2D eigenvalue weighted by Crippen LogP contribution is 2.53. The SMILES string of the molecule is CN1CCC2C(C1)c1cc(N)ccc1C2(C)C. The highest BCUT2D eigenvalue weighted by atomic mass is 15.1. The normalized spacial score (nSPS) is 31.0.